The number of hydrogen-bond donors (Lipinski definition) is 2. The van der Waals surface area contributed by atoms with Crippen LogP contribution in [0, 0.1) is 0 Å². The van der Waals surface area contributed by atoms with Gasteiger partial charge in [-0.3, -0.25) is 0 Å². The number of hydrogen-bond acceptors (Lipinski definition) is 3. The second kappa shape index (κ2) is 11.0. The number of aliphatic imine (C=N–C) groups is 1. The molecule has 0 aromatic heterocycles. The minimum absolute atomic E-state index is 0.0890. The van der Waals surface area contributed by atoms with E-state index in [0.717, 1.165) is 31.0 Å². The Labute approximate surface area is 175 Å². The highest BCUT2D eigenvalue weighted by atomic mass is 32.2. The third-order valence-corrected chi connectivity index (χ3v) is 6.69. The van der Waals surface area contributed by atoms with Crippen LogP contribution in [-0.4, -0.2) is 44.9 Å². The van der Waals surface area contributed by atoms with Gasteiger partial charge in [-0.05, 0) is 50.5 Å². The monoisotopic (exact) mass is 416 g/mol. The normalized spacial score (nSPS) is 12.4. The van der Waals surface area contributed by atoms with E-state index in [4.69, 9.17) is 0 Å². The van der Waals surface area contributed by atoms with Crippen LogP contribution in [0.2, 0.25) is 0 Å². The van der Waals surface area contributed by atoms with Crippen LogP contribution in [0.15, 0.2) is 64.5 Å². The van der Waals surface area contributed by atoms with Crippen LogP contribution in [-0.2, 0) is 23.0 Å². The minimum Gasteiger partial charge on any atom is -0.357 e. The van der Waals surface area contributed by atoms with Gasteiger partial charge in [0.1, 0.15) is 0 Å². The molecule has 0 radical (unpaired) electrons. The summed E-state index contributed by atoms with van der Waals surface area (Å²) in [6.45, 7) is 7.77. The summed E-state index contributed by atoms with van der Waals surface area (Å²) in [6, 6.07) is 17.2. The van der Waals surface area contributed by atoms with Crippen molar-refractivity contribution in [3.05, 3.63) is 65.7 Å². The zero-order chi connectivity index (χ0) is 21.3. The first-order valence-corrected chi connectivity index (χ1v) is 11.4. The molecule has 0 unspecified atom stereocenters. The molecule has 29 heavy (non-hydrogen) atoms. The van der Waals surface area contributed by atoms with E-state index in [1.807, 2.05) is 51.1 Å². The zero-order valence-corrected chi connectivity index (χ0v) is 18.5. The maximum absolute atomic E-state index is 12.5. The summed E-state index contributed by atoms with van der Waals surface area (Å²) in [6.07, 6.45) is 0.918. The third-order valence-electron chi connectivity index (χ3n) is 4.64. The molecule has 0 aliphatic carbocycles. The van der Waals surface area contributed by atoms with Crippen molar-refractivity contribution < 1.29 is 8.42 Å². The van der Waals surface area contributed by atoms with Gasteiger partial charge in [0.25, 0.3) is 0 Å². The highest BCUT2D eigenvalue weighted by Crippen LogP contribution is 2.17. The Morgan fingerprint density at radius 3 is 2.24 bits per heavy atom. The third kappa shape index (κ3) is 6.87. The fourth-order valence-electron chi connectivity index (χ4n) is 2.69. The highest BCUT2D eigenvalue weighted by molar-refractivity contribution is 7.89. The lowest BCUT2D eigenvalue weighted by Crippen LogP contribution is -2.38. The second-order valence-electron chi connectivity index (χ2n) is 7.12. The largest absolute Gasteiger partial charge is 0.357 e. The molecule has 0 bridgehead atoms. The molecule has 0 fully saturated rings. The summed E-state index contributed by atoms with van der Waals surface area (Å²) in [5, 5.41) is 6.58. The van der Waals surface area contributed by atoms with Crippen molar-refractivity contribution in [2.45, 2.75) is 44.7 Å². The van der Waals surface area contributed by atoms with Crippen LogP contribution in [0.1, 0.15) is 31.9 Å². The maximum atomic E-state index is 12.5. The van der Waals surface area contributed by atoms with E-state index in [1.165, 1.54) is 9.87 Å². The summed E-state index contributed by atoms with van der Waals surface area (Å²) in [5.74, 6) is 0.750. The van der Waals surface area contributed by atoms with Crippen LogP contribution in [0.5, 0.6) is 0 Å². The Balaban J connectivity index is 1.98. The Bertz CT molecular complexity index is 879. The molecule has 0 amide bonds. The van der Waals surface area contributed by atoms with Gasteiger partial charge in [-0.25, -0.2) is 13.4 Å². The standard InChI is InChI=1S/C22H32N4O2S/c1-5-23-22(24-16-15-19-9-7-6-8-10-19)25-17-20-11-13-21(14-12-20)29(27,28)26(4)18(2)3/h6-14,18H,5,15-17H2,1-4H3,(H2,23,24,25). The van der Waals surface area contributed by atoms with Crippen molar-refractivity contribution in [1.82, 2.24) is 14.9 Å². The number of rotatable bonds is 9. The van der Waals surface area contributed by atoms with Crippen molar-refractivity contribution in [2.75, 3.05) is 20.1 Å². The van der Waals surface area contributed by atoms with Gasteiger partial charge in [0.05, 0.1) is 11.4 Å². The molecule has 2 rings (SSSR count). The quantitative estimate of drug-likeness (QED) is 0.487. The Morgan fingerprint density at radius 1 is 1.00 bits per heavy atom. The Hall–Kier alpha value is -2.38. The molecule has 0 spiro atoms. The molecule has 2 aromatic rings. The predicted octanol–water partition coefficient (Wildman–Crippen LogP) is 3.01. The number of nitrogens with zero attached hydrogens (tertiary/aromatic N) is 2. The zero-order valence-electron chi connectivity index (χ0n) is 17.7. The van der Waals surface area contributed by atoms with Crippen molar-refractivity contribution in [1.29, 1.82) is 0 Å². The van der Waals surface area contributed by atoms with Gasteiger partial charge in [-0.1, -0.05) is 42.5 Å². The smallest absolute Gasteiger partial charge is 0.243 e. The first kappa shape index (κ1) is 22.9. The lowest BCUT2D eigenvalue weighted by molar-refractivity contribution is 0.410. The summed E-state index contributed by atoms with van der Waals surface area (Å²) >= 11 is 0. The van der Waals surface area contributed by atoms with Crippen molar-refractivity contribution >= 4 is 16.0 Å². The summed E-state index contributed by atoms with van der Waals surface area (Å²) in [5.41, 5.74) is 2.23. The number of nitrogens with one attached hydrogen (secondary N) is 2. The van der Waals surface area contributed by atoms with Crippen molar-refractivity contribution in [3.63, 3.8) is 0 Å². The van der Waals surface area contributed by atoms with Crippen LogP contribution in [0.25, 0.3) is 0 Å². The average Bonchev–Trinajstić information content (AvgIpc) is 2.72. The molecule has 0 aliphatic heterocycles. The van der Waals surface area contributed by atoms with Gasteiger partial charge in [0, 0.05) is 26.2 Å². The lowest BCUT2D eigenvalue weighted by atomic mass is 10.1. The molecule has 2 N–H and O–H groups in total. The SMILES string of the molecule is CCNC(=NCc1ccc(S(=O)(=O)N(C)C(C)C)cc1)NCCc1ccccc1. The topological polar surface area (TPSA) is 73.8 Å². The van der Waals surface area contributed by atoms with Gasteiger partial charge in [0.15, 0.2) is 5.96 Å². The van der Waals surface area contributed by atoms with E-state index in [1.54, 1.807) is 19.2 Å². The summed E-state index contributed by atoms with van der Waals surface area (Å²) in [7, 11) is -1.86. The molecule has 2 aromatic carbocycles. The van der Waals surface area contributed by atoms with E-state index in [-0.39, 0.29) is 6.04 Å². The molecule has 0 saturated carbocycles. The molecule has 158 valence electrons. The lowest BCUT2D eigenvalue weighted by Gasteiger charge is -2.21. The van der Waals surface area contributed by atoms with E-state index in [2.05, 4.69) is 27.8 Å². The summed E-state index contributed by atoms with van der Waals surface area (Å²) < 4.78 is 26.5. The molecule has 7 heteroatoms. The highest BCUT2D eigenvalue weighted by Gasteiger charge is 2.22. The fourth-order valence-corrected chi connectivity index (χ4v) is 4.06. The van der Waals surface area contributed by atoms with E-state index >= 15 is 0 Å². The molecule has 0 aliphatic rings. The predicted molar refractivity (Wildman–Crippen MR) is 119 cm³/mol. The van der Waals surface area contributed by atoms with Gasteiger partial charge in [0.2, 0.25) is 10.0 Å². The number of sulfonamides is 1. The average molecular weight is 417 g/mol. The van der Waals surface area contributed by atoms with Crippen LogP contribution in [0.4, 0.5) is 0 Å². The number of guanidine groups is 1. The Morgan fingerprint density at radius 2 is 1.66 bits per heavy atom. The fraction of sp³-hybridized carbons (Fsp3) is 0.409. The second-order valence-corrected chi connectivity index (χ2v) is 9.11. The first-order chi connectivity index (χ1) is 13.8. The van der Waals surface area contributed by atoms with Gasteiger partial charge in [-0.2, -0.15) is 4.31 Å². The van der Waals surface area contributed by atoms with Crippen molar-refractivity contribution in [2.24, 2.45) is 4.99 Å². The van der Waals surface area contributed by atoms with Crippen LogP contribution in [0.3, 0.4) is 0 Å². The summed E-state index contributed by atoms with van der Waals surface area (Å²) in [4.78, 5) is 4.90. The molecule has 0 atom stereocenters. The molecular weight excluding hydrogens is 384 g/mol. The number of benzene rings is 2. The van der Waals surface area contributed by atoms with Crippen LogP contribution >= 0.6 is 0 Å². The van der Waals surface area contributed by atoms with E-state index in [0.29, 0.717) is 11.4 Å². The molecular formula is C22H32N4O2S. The van der Waals surface area contributed by atoms with Gasteiger partial charge >= 0.3 is 0 Å². The molecule has 0 saturated heterocycles. The Kier molecular flexibility index (Phi) is 8.67. The van der Waals surface area contributed by atoms with Crippen molar-refractivity contribution in [3.8, 4) is 0 Å². The molecule has 0 heterocycles. The minimum atomic E-state index is -3.46. The van der Waals surface area contributed by atoms with Gasteiger partial charge in [-0.15, -0.1) is 0 Å². The van der Waals surface area contributed by atoms with Gasteiger partial charge < -0.3 is 10.6 Å². The molecule has 6 nitrogen and oxygen atoms in total. The van der Waals surface area contributed by atoms with E-state index in [9.17, 15) is 8.42 Å². The maximum Gasteiger partial charge on any atom is 0.243 e. The van der Waals surface area contributed by atoms with Crippen LogP contribution < -0.4 is 10.6 Å². The van der Waals surface area contributed by atoms with E-state index < -0.39 is 10.0 Å². The first-order valence-electron chi connectivity index (χ1n) is 9.97.